The summed E-state index contributed by atoms with van der Waals surface area (Å²) in [7, 11) is 0. The minimum absolute atomic E-state index is 0.220. The largest absolute Gasteiger partial charge is 0.449 e. The number of amides is 1. The number of aryl methyl sites for hydroxylation is 1. The first-order chi connectivity index (χ1) is 13.0. The van der Waals surface area contributed by atoms with Crippen molar-refractivity contribution < 1.29 is 23.6 Å². The van der Waals surface area contributed by atoms with Crippen LogP contribution in [0.3, 0.4) is 0 Å². The van der Waals surface area contributed by atoms with Crippen LogP contribution in [-0.2, 0) is 20.0 Å². The second-order valence-corrected chi connectivity index (χ2v) is 7.02. The van der Waals surface area contributed by atoms with E-state index in [2.05, 4.69) is 10.1 Å². The van der Waals surface area contributed by atoms with Gasteiger partial charge in [0.25, 0.3) is 5.91 Å². The van der Waals surface area contributed by atoms with Crippen molar-refractivity contribution in [2.75, 3.05) is 26.3 Å². The lowest BCUT2D eigenvalue weighted by atomic mass is 10.2. The first-order valence-electron chi connectivity index (χ1n) is 8.62. The molecule has 3 heterocycles. The molecule has 2 aromatic rings. The van der Waals surface area contributed by atoms with Crippen molar-refractivity contribution in [3.8, 4) is 0 Å². The van der Waals surface area contributed by atoms with Gasteiger partial charge in [-0.2, -0.15) is 0 Å². The number of ether oxygens (including phenoxy) is 2. The van der Waals surface area contributed by atoms with E-state index in [1.807, 2.05) is 13.0 Å². The molecule has 0 radical (unpaired) electrons. The van der Waals surface area contributed by atoms with E-state index in [0.29, 0.717) is 42.6 Å². The first kappa shape index (κ1) is 19.4. The van der Waals surface area contributed by atoms with Gasteiger partial charge in [-0.05, 0) is 26.0 Å². The summed E-state index contributed by atoms with van der Waals surface area (Å²) in [5, 5.41) is 4.45. The van der Waals surface area contributed by atoms with Gasteiger partial charge >= 0.3 is 5.97 Å². The Bertz CT molecular complexity index is 804. The fourth-order valence-corrected chi connectivity index (χ4v) is 3.47. The number of carbonyl (C=O) groups is 2. The second-order valence-electron chi connectivity index (χ2n) is 6.06. The molecule has 1 aliphatic rings. The molecule has 0 spiro atoms. The molecule has 8 nitrogen and oxygen atoms in total. The van der Waals surface area contributed by atoms with Gasteiger partial charge in [-0.15, -0.1) is 0 Å². The van der Waals surface area contributed by atoms with E-state index in [-0.39, 0.29) is 5.91 Å². The van der Waals surface area contributed by atoms with Gasteiger partial charge in [-0.25, -0.2) is 9.78 Å². The number of thioether (sulfide) groups is 1. The van der Waals surface area contributed by atoms with Gasteiger partial charge in [0.2, 0.25) is 0 Å². The molecule has 2 aromatic heterocycles. The van der Waals surface area contributed by atoms with E-state index in [4.69, 9.17) is 14.0 Å². The molecule has 1 saturated heterocycles. The van der Waals surface area contributed by atoms with Crippen molar-refractivity contribution in [3.05, 3.63) is 41.4 Å². The molecule has 1 amide bonds. The molecular weight excluding hydrogens is 370 g/mol. The molecule has 1 atom stereocenters. The first-order valence-corrected chi connectivity index (χ1v) is 9.60. The summed E-state index contributed by atoms with van der Waals surface area (Å²) in [5.74, 6) is 0.442. The fourth-order valence-electron chi connectivity index (χ4n) is 2.60. The van der Waals surface area contributed by atoms with Crippen LogP contribution in [-0.4, -0.2) is 59.3 Å². The van der Waals surface area contributed by atoms with Gasteiger partial charge in [-0.3, -0.25) is 4.79 Å². The average molecular weight is 391 g/mol. The van der Waals surface area contributed by atoms with E-state index in [1.165, 1.54) is 11.8 Å². The Balaban J connectivity index is 1.62. The van der Waals surface area contributed by atoms with Crippen molar-refractivity contribution in [1.29, 1.82) is 0 Å². The zero-order valence-corrected chi connectivity index (χ0v) is 16.0. The predicted molar refractivity (Wildman–Crippen MR) is 97.3 cm³/mol. The molecule has 144 valence electrons. The van der Waals surface area contributed by atoms with Crippen molar-refractivity contribution in [2.45, 2.75) is 30.7 Å². The minimum atomic E-state index is -0.869. The smallest absolute Gasteiger partial charge is 0.341 e. The Kier molecular flexibility index (Phi) is 6.46. The van der Waals surface area contributed by atoms with Gasteiger partial charge in [-0.1, -0.05) is 16.9 Å². The Labute approximate surface area is 161 Å². The number of hydrogen-bond donors (Lipinski definition) is 0. The highest BCUT2D eigenvalue weighted by molar-refractivity contribution is 7.98. The molecule has 1 unspecified atom stereocenters. The second kappa shape index (κ2) is 9.01. The molecular formula is C18H21N3O5S. The maximum absolute atomic E-state index is 12.6. The number of pyridine rings is 1. The molecule has 0 bridgehead atoms. The molecule has 0 aromatic carbocycles. The van der Waals surface area contributed by atoms with Crippen LogP contribution in [0.2, 0.25) is 0 Å². The molecule has 1 aliphatic heterocycles. The number of aromatic nitrogens is 2. The standard InChI is InChI=1S/C18H21N3O5S/c1-12-10-14(20-26-12)11-27-16-15(4-3-5-19-16)18(23)25-13(2)17(22)21-6-8-24-9-7-21/h3-5,10,13H,6-9,11H2,1-2H3. The third-order valence-corrected chi connectivity index (χ3v) is 5.02. The Morgan fingerprint density at radius 1 is 1.37 bits per heavy atom. The molecule has 1 fully saturated rings. The highest BCUT2D eigenvalue weighted by Crippen LogP contribution is 2.25. The number of morpholine rings is 1. The lowest BCUT2D eigenvalue weighted by Crippen LogP contribution is -2.46. The quantitative estimate of drug-likeness (QED) is 0.546. The SMILES string of the molecule is Cc1cc(CSc2ncccc2C(=O)OC(C)C(=O)N2CCOCC2)no1. The Morgan fingerprint density at radius 3 is 2.85 bits per heavy atom. The molecule has 0 N–H and O–H groups in total. The van der Waals surface area contributed by atoms with Crippen LogP contribution >= 0.6 is 11.8 Å². The maximum Gasteiger partial charge on any atom is 0.341 e. The maximum atomic E-state index is 12.6. The fraction of sp³-hybridized carbons (Fsp3) is 0.444. The average Bonchev–Trinajstić information content (AvgIpc) is 3.11. The topological polar surface area (TPSA) is 94.8 Å². The van der Waals surface area contributed by atoms with Crippen LogP contribution < -0.4 is 0 Å². The van der Waals surface area contributed by atoms with E-state index < -0.39 is 12.1 Å². The van der Waals surface area contributed by atoms with Crippen LogP contribution in [0.4, 0.5) is 0 Å². The number of rotatable bonds is 6. The number of nitrogens with zero attached hydrogens (tertiary/aromatic N) is 3. The van der Waals surface area contributed by atoms with Crippen molar-refractivity contribution in [1.82, 2.24) is 15.0 Å². The zero-order valence-electron chi connectivity index (χ0n) is 15.2. The monoisotopic (exact) mass is 391 g/mol. The highest BCUT2D eigenvalue weighted by atomic mass is 32.2. The summed E-state index contributed by atoms with van der Waals surface area (Å²) in [5.41, 5.74) is 1.09. The van der Waals surface area contributed by atoms with E-state index >= 15 is 0 Å². The summed E-state index contributed by atoms with van der Waals surface area (Å²) in [4.78, 5) is 30.9. The third kappa shape index (κ3) is 5.08. The molecule has 9 heteroatoms. The van der Waals surface area contributed by atoms with Gasteiger partial charge in [0.05, 0.1) is 24.5 Å². The van der Waals surface area contributed by atoms with Crippen molar-refractivity contribution in [3.63, 3.8) is 0 Å². The summed E-state index contributed by atoms with van der Waals surface area (Å²) in [6.07, 6.45) is 0.738. The van der Waals surface area contributed by atoms with Crippen LogP contribution in [0.25, 0.3) is 0 Å². The van der Waals surface area contributed by atoms with E-state index in [0.717, 1.165) is 11.5 Å². The highest BCUT2D eigenvalue weighted by Gasteiger charge is 2.26. The van der Waals surface area contributed by atoms with Gasteiger partial charge in [0.1, 0.15) is 10.8 Å². The summed E-state index contributed by atoms with van der Waals surface area (Å²) < 4.78 is 15.7. The number of carbonyl (C=O) groups excluding carboxylic acids is 2. The zero-order chi connectivity index (χ0) is 19.2. The lowest BCUT2D eigenvalue weighted by molar-refractivity contribution is -0.143. The summed E-state index contributed by atoms with van der Waals surface area (Å²) >= 11 is 1.36. The Morgan fingerprint density at radius 2 is 2.15 bits per heavy atom. The van der Waals surface area contributed by atoms with Crippen LogP contribution in [0.5, 0.6) is 0 Å². The third-order valence-electron chi connectivity index (χ3n) is 3.98. The number of esters is 1. The lowest BCUT2D eigenvalue weighted by Gasteiger charge is -2.29. The van der Waals surface area contributed by atoms with E-state index in [9.17, 15) is 9.59 Å². The van der Waals surface area contributed by atoms with E-state index in [1.54, 1.807) is 30.2 Å². The van der Waals surface area contributed by atoms with Gasteiger partial charge in [0.15, 0.2) is 6.10 Å². The van der Waals surface area contributed by atoms with Crippen LogP contribution in [0.15, 0.2) is 33.9 Å². The molecule has 0 aliphatic carbocycles. The summed E-state index contributed by atoms with van der Waals surface area (Å²) in [6.45, 7) is 5.40. The minimum Gasteiger partial charge on any atom is -0.449 e. The van der Waals surface area contributed by atoms with Gasteiger partial charge in [0, 0.05) is 31.1 Å². The molecule has 0 saturated carbocycles. The van der Waals surface area contributed by atoms with Crippen molar-refractivity contribution in [2.24, 2.45) is 0 Å². The normalized spacial score (nSPS) is 15.4. The van der Waals surface area contributed by atoms with Gasteiger partial charge < -0.3 is 18.9 Å². The van der Waals surface area contributed by atoms with Crippen LogP contribution in [0, 0.1) is 6.92 Å². The molecule has 27 heavy (non-hydrogen) atoms. The van der Waals surface area contributed by atoms with Crippen molar-refractivity contribution >= 4 is 23.6 Å². The summed E-state index contributed by atoms with van der Waals surface area (Å²) in [6, 6.07) is 5.13. The van der Waals surface area contributed by atoms with Crippen LogP contribution in [0.1, 0.15) is 28.7 Å². The Hall–Kier alpha value is -2.39. The predicted octanol–water partition coefficient (Wildman–Crippen LogP) is 2.07. The molecule has 3 rings (SSSR count). The number of hydrogen-bond acceptors (Lipinski definition) is 8.